The van der Waals surface area contributed by atoms with Gasteiger partial charge in [0.05, 0.1) is 17.7 Å². The van der Waals surface area contributed by atoms with E-state index in [4.69, 9.17) is 9.47 Å². The first-order valence-corrected chi connectivity index (χ1v) is 10.5. The zero-order valence-electron chi connectivity index (χ0n) is 17.4. The first-order valence-electron chi connectivity index (χ1n) is 9.70. The molecular formula is C24H19BrN2O6. The molecule has 0 heterocycles. The van der Waals surface area contributed by atoms with Gasteiger partial charge in [0.15, 0.2) is 0 Å². The maximum absolute atomic E-state index is 13.0. The molecule has 1 atom stereocenters. The summed E-state index contributed by atoms with van der Waals surface area (Å²) < 4.78 is 10.9. The van der Waals surface area contributed by atoms with Gasteiger partial charge in [0.1, 0.15) is 5.75 Å². The predicted molar refractivity (Wildman–Crippen MR) is 127 cm³/mol. The Kier molecular flexibility index (Phi) is 7.93. The van der Waals surface area contributed by atoms with Crippen molar-refractivity contribution >= 4 is 45.3 Å². The number of non-ortho nitro benzene ring substituents is 1. The highest BCUT2D eigenvalue weighted by molar-refractivity contribution is 9.10. The monoisotopic (exact) mass is 510 g/mol. The summed E-state index contributed by atoms with van der Waals surface area (Å²) in [5.41, 5.74) is 1.40. The maximum atomic E-state index is 13.0. The molecule has 9 heteroatoms. The summed E-state index contributed by atoms with van der Waals surface area (Å²) in [6.45, 7) is 0. The van der Waals surface area contributed by atoms with Crippen LogP contribution >= 0.6 is 15.9 Å². The normalized spacial score (nSPS) is 11.6. The number of nitro benzene ring substituents is 1. The molecule has 0 radical (unpaired) electrons. The van der Waals surface area contributed by atoms with E-state index in [-0.39, 0.29) is 5.69 Å². The Balaban J connectivity index is 1.77. The molecule has 0 saturated heterocycles. The van der Waals surface area contributed by atoms with Crippen LogP contribution in [-0.2, 0) is 14.3 Å². The molecule has 0 aliphatic carbocycles. The number of hydrogen-bond donors (Lipinski definition) is 1. The first-order chi connectivity index (χ1) is 15.9. The van der Waals surface area contributed by atoms with Crippen molar-refractivity contribution in [1.29, 1.82) is 0 Å². The van der Waals surface area contributed by atoms with Crippen molar-refractivity contribution in [2.24, 2.45) is 0 Å². The van der Waals surface area contributed by atoms with Gasteiger partial charge in [-0.15, -0.1) is 0 Å². The Morgan fingerprint density at radius 2 is 1.76 bits per heavy atom. The number of methoxy groups -OCH3 is 1. The molecule has 0 aliphatic rings. The molecule has 3 aromatic rings. The summed E-state index contributed by atoms with van der Waals surface area (Å²) in [6.07, 6.45) is 1.56. The fraction of sp³-hybridized carbons (Fsp3) is 0.0833. The van der Waals surface area contributed by atoms with Gasteiger partial charge in [0.25, 0.3) is 11.6 Å². The zero-order chi connectivity index (χ0) is 23.8. The number of esters is 1. The van der Waals surface area contributed by atoms with Gasteiger partial charge in [0.2, 0.25) is 6.10 Å². The van der Waals surface area contributed by atoms with E-state index in [1.54, 1.807) is 67.8 Å². The number of hydrogen-bond acceptors (Lipinski definition) is 6. The van der Waals surface area contributed by atoms with Gasteiger partial charge in [-0.3, -0.25) is 14.9 Å². The Labute approximate surface area is 198 Å². The van der Waals surface area contributed by atoms with Crippen LogP contribution in [0.15, 0.2) is 83.3 Å². The highest BCUT2D eigenvalue weighted by Gasteiger charge is 2.25. The maximum Gasteiger partial charge on any atom is 0.331 e. The topological polar surface area (TPSA) is 108 Å². The quantitative estimate of drug-likeness (QED) is 0.190. The zero-order valence-corrected chi connectivity index (χ0v) is 19.0. The Morgan fingerprint density at radius 1 is 1.06 bits per heavy atom. The van der Waals surface area contributed by atoms with Crippen LogP contribution in [0.3, 0.4) is 0 Å². The van der Waals surface area contributed by atoms with Crippen LogP contribution in [-0.4, -0.2) is 23.9 Å². The SMILES string of the molecule is COc1ccc(/C=C/C(=O)O[C@H](C(=O)Nc2ccc([N+](=O)[O-])cc2Br)c2ccccc2)cc1. The average molecular weight is 511 g/mol. The third-order valence-corrected chi connectivity index (χ3v) is 5.18. The number of halogens is 1. The van der Waals surface area contributed by atoms with Crippen LogP contribution < -0.4 is 10.1 Å². The van der Waals surface area contributed by atoms with Crippen LogP contribution in [0, 0.1) is 10.1 Å². The van der Waals surface area contributed by atoms with E-state index in [0.29, 0.717) is 21.5 Å². The summed E-state index contributed by atoms with van der Waals surface area (Å²) in [5, 5.41) is 13.6. The summed E-state index contributed by atoms with van der Waals surface area (Å²) in [6, 6.07) is 19.5. The van der Waals surface area contributed by atoms with Gasteiger partial charge in [0, 0.05) is 28.2 Å². The van der Waals surface area contributed by atoms with Gasteiger partial charge < -0.3 is 14.8 Å². The summed E-state index contributed by atoms with van der Waals surface area (Å²) in [4.78, 5) is 35.8. The molecule has 0 unspecified atom stereocenters. The number of carbonyl (C=O) groups is 2. The van der Waals surface area contributed by atoms with Crippen molar-refractivity contribution in [3.05, 3.63) is 105 Å². The van der Waals surface area contributed by atoms with Crippen LogP contribution in [0.1, 0.15) is 17.2 Å². The molecule has 0 aliphatic heterocycles. The largest absolute Gasteiger partial charge is 0.497 e. The molecule has 0 fully saturated rings. The molecule has 0 spiro atoms. The first kappa shape index (κ1) is 23.7. The number of carbonyl (C=O) groups excluding carboxylic acids is 2. The van der Waals surface area contributed by atoms with Gasteiger partial charge in [-0.05, 0) is 45.8 Å². The second-order valence-electron chi connectivity index (χ2n) is 6.74. The minimum Gasteiger partial charge on any atom is -0.497 e. The number of benzene rings is 3. The van der Waals surface area contributed by atoms with E-state index < -0.39 is 22.9 Å². The van der Waals surface area contributed by atoms with Crippen LogP contribution in [0.2, 0.25) is 0 Å². The van der Waals surface area contributed by atoms with E-state index in [0.717, 1.165) is 5.56 Å². The van der Waals surface area contributed by atoms with Gasteiger partial charge in [-0.25, -0.2) is 4.79 Å². The molecule has 8 nitrogen and oxygen atoms in total. The number of nitro groups is 1. The highest BCUT2D eigenvalue weighted by atomic mass is 79.9. The molecule has 33 heavy (non-hydrogen) atoms. The van der Waals surface area contributed by atoms with E-state index in [1.165, 1.54) is 24.3 Å². The lowest BCUT2D eigenvalue weighted by atomic mass is 10.1. The second-order valence-corrected chi connectivity index (χ2v) is 7.60. The Hall–Kier alpha value is -3.98. The highest BCUT2D eigenvalue weighted by Crippen LogP contribution is 2.29. The predicted octanol–water partition coefficient (Wildman–Crippen LogP) is 5.30. The Bertz CT molecular complexity index is 1180. The Morgan fingerprint density at radius 3 is 2.36 bits per heavy atom. The third kappa shape index (κ3) is 6.50. The lowest BCUT2D eigenvalue weighted by Gasteiger charge is -2.18. The lowest BCUT2D eigenvalue weighted by Crippen LogP contribution is -2.25. The number of nitrogens with one attached hydrogen (secondary N) is 1. The number of anilines is 1. The molecule has 3 rings (SSSR count). The third-order valence-electron chi connectivity index (χ3n) is 4.52. The molecule has 1 N–H and O–H groups in total. The van der Waals surface area contributed by atoms with E-state index in [1.807, 2.05) is 0 Å². The van der Waals surface area contributed by atoms with Gasteiger partial charge in [-0.1, -0.05) is 42.5 Å². The fourth-order valence-corrected chi connectivity index (χ4v) is 3.32. The summed E-state index contributed by atoms with van der Waals surface area (Å²) in [7, 11) is 1.56. The van der Waals surface area contributed by atoms with Crippen molar-refractivity contribution < 1.29 is 24.0 Å². The fourth-order valence-electron chi connectivity index (χ4n) is 2.85. The van der Waals surface area contributed by atoms with E-state index in [2.05, 4.69) is 21.2 Å². The van der Waals surface area contributed by atoms with Crippen molar-refractivity contribution in [2.75, 3.05) is 12.4 Å². The summed E-state index contributed by atoms with van der Waals surface area (Å²) >= 11 is 3.21. The number of nitrogens with zero attached hydrogens (tertiary/aromatic N) is 1. The van der Waals surface area contributed by atoms with Crippen LogP contribution in [0.25, 0.3) is 6.08 Å². The van der Waals surface area contributed by atoms with Crippen LogP contribution in [0.5, 0.6) is 5.75 Å². The molecule has 0 saturated carbocycles. The van der Waals surface area contributed by atoms with Gasteiger partial charge in [-0.2, -0.15) is 0 Å². The molecule has 168 valence electrons. The number of ether oxygens (including phenoxy) is 2. The van der Waals surface area contributed by atoms with E-state index >= 15 is 0 Å². The average Bonchev–Trinajstić information content (AvgIpc) is 2.83. The van der Waals surface area contributed by atoms with Crippen molar-refractivity contribution in [2.45, 2.75) is 6.10 Å². The number of amides is 1. The lowest BCUT2D eigenvalue weighted by molar-refractivity contribution is -0.384. The molecular weight excluding hydrogens is 492 g/mol. The standard InChI is InChI=1S/C24H19BrN2O6/c1-32-19-11-7-16(8-12-19)9-14-22(28)33-23(17-5-3-2-4-6-17)24(29)26-21-13-10-18(27(30)31)15-20(21)25/h2-15,23H,1H3,(H,26,29)/b14-9+/t23-/m0/s1. The van der Waals surface area contributed by atoms with Crippen molar-refractivity contribution in [3.8, 4) is 5.75 Å². The molecule has 1 amide bonds. The molecule has 0 aromatic heterocycles. The van der Waals surface area contributed by atoms with Crippen LogP contribution in [0.4, 0.5) is 11.4 Å². The smallest absolute Gasteiger partial charge is 0.331 e. The van der Waals surface area contributed by atoms with Crippen molar-refractivity contribution in [1.82, 2.24) is 0 Å². The second kappa shape index (κ2) is 11.1. The summed E-state index contributed by atoms with van der Waals surface area (Å²) in [5.74, 6) is -0.632. The van der Waals surface area contributed by atoms with Crippen molar-refractivity contribution in [3.63, 3.8) is 0 Å². The minimum atomic E-state index is -1.23. The molecule has 0 bridgehead atoms. The van der Waals surface area contributed by atoms with E-state index in [9.17, 15) is 19.7 Å². The van der Waals surface area contributed by atoms with Gasteiger partial charge >= 0.3 is 5.97 Å². The minimum absolute atomic E-state index is 0.130. The number of rotatable bonds is 8. The molecule has 3 aromatic carbocycles.